The van der Waals surface area contributed by atoms with Crippen molar-refractivity contribution in [2.24, 2.45) is 5.41 Å². The Morgan fingerprint density at radius 3 is 2.48 bits per heavy atom. The molecule has 0 aromatic heterocycles. The second-order valence-corrected chi connectivity index (χ2v) is 6.83. The third-order valence-corrected chi connectivity index (χ3v) is 4.88. The lowest BCUT2D eigenvalue weighted by Gasteiger charge is -2.40. The summed E-state index contributed by atoms with van der Waals surface area (Å²) >= 11 is 0. The quantitative estimate of drug-likeness (QED) is 0.809. The molecule has 1 heterocycles. The highest BCUT2D eigenvalue weighted by Crippen LogP contribution is 2.33. The predicted octanol–water partition coefficient (Wildman–Crippen LogP) is 1.61. The Balaban J connectivity index is 2.65. The molecule has 0 aromatic carbocycles. The average Bonchev–Trinajstić information content (AvgIpc) is 2.44. The van der Waals surface area contributed by atoms with Crippen molar-refractivity contribution in [2.45, 2.75) is 45.6 Å². The molecule has 1 atom stereocenters. The van der Waals surface area contributed by atoms with Crippen LogP contribution in [0.5, 0.6) is 0 Å². The molecular formula is C15H29N3O3. The fraction of sp³-hybridized carbons (Fsp3) is 0.867. The molecule has 2 amide bonds. The van der Waals surface area contributed by atoms with Crippen molar-refractivity contribution in [1.29, 1.82) is 0 Å². The summed E-state index contributed by atoms with van der Waals surface area (Å²) in [6.45, 7) is 7.44. The van der Waals surface area contributed by atoms with Gasteiger partial charge in [-0.3, -0.25) is 4.79 Å². The van der Waals surface area contributed by atoms with Gasteiger partial charge in [0.05, 0.1) is 5.41 Å². The molecule has 6 nitrogen and oxygen atoms in total. The molecule has 0 bridgehead atoms. The van der Waals surface area contributed by atoms with Gasteiger partial charge in [-0.05, 0) is 47.2 Å². The standard InChI is InChI=1S/C15H29N3O3/c1-6-15(12(19)20)8-7-9-18(11-15)13(21)16-10-14(2,3)17(4)5/h6-11H2,1-5H3,(H,16,21)(H,19,20). The van der Waals surface area contributed by atoms with Crippen molar-refractivity contribution in [1.82, 2.24) is 15.1 Å². The van der Waals surface area contributed by atoms with Crippen molar-refractivity contribution >= 4 is 12.0 Å². The van der Waals surface area contributed by atoms with Gasteiger partial charge in [0, 0.05) is 25.2 Å². The first kappa shape index (κ1) is 17.8. The van der Waals surface area contributed by atoms with Crippen LogP contribution in [0.1, 0.15) is 40.0 Å². The summed E-state index contributed by atoms with van der Waals surface area (Å²) in [7, 11) is 3.94. The molecule has 1 fully saturated rings. The van der Waals surface area contributed by atoms with E-state index in [-0.39, 0.29) is 11.6 Å². The lowest BCUT2D eigenvalue weighted by Crippen LogP contribution is -2.55. The van der Waals surface area contributed by atoms with Gasteiger partial charge in [0.25, 0.3) is 0 Å². The smallest absolute Gasteiger partial charge is 0.317 e. The Kier molecular flexibility index (Phi) is 5.61. The second kappa shape index (κ2) is 6.64. The van der Waals surface area contributed by atoms with Gasteiger partial charge in [-0.25, -0.2) is 4.79 Å². The number of hydrogen-bond donors (Lipinski definition) is 2. The lowest BCUT2D eigenvalue weighted by molar-refractivity contribution is -0.152. The summed E-state index contributed by atoms with van der Waals surface area (Å²) in [6.07, 6.45) is 1.94. The third-order valence-electron chi connectivity index (χ3n) is 4.88. The average molecular weight is 299 g/mol. The molecule has 1 unspecified atom stereocenters. The van der Waals surface area contributed by atoms with E-state index in [0.717, 1.165) is 6.42 Å². The molecule has 1 aliphatic rings. The Bertz CT molecular complexity index is 396. The van der Waals surface area contributed by atoms with Crippen LogP contribution in [0.25, 0.3) is 0 Å². The van der Waals surface area contributed by atoms with Crippen molar-refractivity contribution in [3.63, 3.8) is 0 Å². The summed E-state index contributed by atoms with van der Waals surface area (Å²) in [6, 6.07) is -0.163. The highest BCUT2D eigenvalue weighted by molar-refractivity contribution is 5.78. The van der Waals surface area contributed by atoms with Crippen molar-refractivity contribution in [2.75, 3.05) is 33.7 Å². The molecule has 1 rings (SSSR count). The Hall–Kier alpha value is -1.30. The number of likely N-dealkylation sites (tertiary alicyclic amines) is 1. The molecule has 122 valence electrons. The number of likely N-dealkylation sites (N-methyl/N-ethyl adjacent to an activating group) is 1. The fourth-order valence-corrected chi connectivity index (χ4v) is 2.48. The molecule has 0 spiro atoms. The molecule has 6 heteroatoms. The minimum absolute atomic E-state index is 0.139. The maximum Gasteiger partial charge on any atom is 0.317 e. The van der Waals surface area contributed by atoms with Gasteiger partial charge in [-0.1, -0.05) is 6.92 Å². The highest BCUT2D eigenvalue weighted by Gasteiger charge is 2.42. The van der Waals surface area contributed by atoms with Crippen LogP contribution in [0, 0.1) is 5.41 Å². The summed E-state index contributed by atoms with van der Waals surface area (Å²) in [5.41, 5.74) is -0.924. The monoisotopic (exact) mass is 299 g/mol. The van der Waals surface area contributed by atoms with Gasteiger partial charge in [0.2, 0.25) is 0 Å². The Labute approximate surface area is 127 Å². The van der Waals surface area contributed by atoms with E-state index in [1.807, 2.05) is 21.0 Å². The number of carbonyl (C=O) groups is 2. The topological polar surface area (TPSA) is 72.9 Å². The van der Waals surface area contributed by atoms with Crippen LogP contribution in [0.2, 0.25) is 0 Å². The first-order chi connectivity index (χ1) is 9.64. The Morgan fingerprint density at radius 2 is 2.00 bits per heavy atom. The number of piperidine rings is 1. The molecule has 0 aromatic rings. The number of urea groups is 1. The molecular weight excluding hydrogens is 270 g/mol. The second-order valence-electron chi connectivity index (χ2n) is 6.83. The van der Waals surface area contributed by atoms with E-state index in [0.29, 0.717) is 32.5 Å². The first-order valence-corrected chi connectivity index (χ1v) is 7.58. The van der Waals surface area contributed by atoms with Gasteiger partial charge in [0.1, 0.15) is 0 Å². The van der Waals surface area contributed by atoms with Gasteiger partial charge < -0.3 is 20.2 Å². The van der Waals surface area contributed by atoms with E-state index < -0.39 is 11.4 Å². The number of aliphatic carboxylic acids is 1. The maximum absolute atomic E-state index is 12.3. The number of carbonyl (C=O) groups excluding carboxylic acids is 1. The van der Waals surface area contributed by atoms with Crippen LogP contribution >= 0.6 is 0 Å². The van der Waals surface area contributed by atoms with E-state index in [2.05, 4.69) is 24.1 Å². The van der Waals surface area contributed by atoms with Gasteiger partial charge in [-0.2, -0.15) is 0 Å². The van der Waals surface area contributed by atoms with Crippen molar-refractivity contribution < 1.29 is 14.7 Å². The lowest BCUT2D eigenvalue weighted by atomic mass is 9.78. The van der Waals surface area contributed by atoms with E-state index in [4.69, 9.17) is 0 Å². The maximum atomic E-state index is 12.3. The number of nitrogens with zero attached hydrogens (tertiary/aromatic N) is 2. The normalized spacial score (nSPS) is 23.2. The Morgan fingerprint density at radius 1 is 1.38 bits per heavy atom. The van der Waals surface area contributed by atoms with Crippen molar-refractivity contribution in [3.05, 3.63) is 0 Å². The SMILES string of the molecule is CCC1(C(=O)O)CCCN(C(=O)NCC(C)(C)N(C)C)C1. The number of carboxylic acids is 1. The molecule has 0 aliphatic carbocycles. The number of rotatable bonds is 5. The summed E-state index contributed by atoms with van der Waals surface area (Å²) < 4.78 is 0. The van der Waals surface area contributed by atoms with Gasteiger partial charge in [0.15, 0.2) is 0 Å². The van der Waals surface area contributed by atoms with Crippen molar-refractivity contribution in [3.8, 4) is 0 Å². The minimum Gasteiger partial charge on any atom is -0.481 e. The number of hydrogen-bond acceptors (Lipinski definition) is 3. The van der Waals surface area contributed by atoms with E-state index in [1.54, 1.807) is 4.90 Å². The van der Waals surface area contributed by atoms with E-state index >= 15 is 0 Å². The molecule has 0 saturated carbocycles. The summed E-state index contributed by atoms with van der Waals surface area (Å²) in [5.74, 6) is -0.795. The van der Waals surface area contributed by atoms with Crippen LogP contribution in [0.3, 0.4) is 0 Å². The fourth-order valence-electron chi connectivity index (χ4n) is 2.48. The zero-order valence-corrected chi connectivity index (χ0v) is 13.9. The molecule has 1 saturated heterocycles. The summed E-state index contributed by atoms with van der Waals surface area (Å²) in [5, 5.41) is 12.4. The zero-order chi connectivity index (χ0) is 16.3. The third kappa shape index (κ3) is 4.09. The molecule has 1 aliphatic heterocycles. The number of nitrogens with one attached hydrogen (secondary N) is 1. The van der Waals surface area contributed by atoms with Crippen LogP contribution < -0.4 is 5.32 Å². The zero-order valence-electron chi connectivity index (χ0n) is 13.9. The van der Waals surface area contributed by atoms with Gasteiger partial charge >= 0.3 is 12.0 Å². The van der Waals surface area contributed by atoms with Crippen LogP contribution in [-0.4, -0.2) is 66.2 Å². The molecule has 21 heavy (non-hydrogen) atoms. The molecule has 0 radical (unpaired) electrons. The van der Waals surface area contributed by atoms with E-state index in [1.165, 1.54) is 0 Å². The highest BCUT2D eigenvalue weighted by atomic mass is 16.4. The van der Waals surface area contributed by atoms with E-state index in [9.17, 15) is 14.7 Å². The van der Waals surface area contributed by atoms with Crippen LogP contribution in [0.4, 0.5) is 4.79 Å². The predicted molar refractivity (Wildman–Crippen MR) is 82.3 cm³/mol. The first-order valence-electron chi connectivity index (χ1n) is 7.58. The van der Waals surface area contributed by atoms with Crippen LogP contribution in [-0.2, 0) is 4.79 Å². The van der Waals surface area contributed by atoms with Gasteiger partial charge in [-0.15, -0.1) is 0 Å². The summed E-state index contributed by atoms with van der Waals surface area (Å²) in [4.78, 5) is 27.5. The number of carboxylic acid groups (broad SMARTS) is 1. The minimum atomic E-state index is -0.795. The van der Waals surface area contributed by atoms with Crippen LogP contribution in [0.15, 0.2) is 0 Å². The largest absolute Gasteiger partial charge is 0.481 e. The molecule has 2 N–H and O–H groups in total. The number of amides is 2.